The third-order valence-corrected chi connectivity index (χ3v) is 2.95. The van der Waals surface area contributed by atoms with Crippen LogP contribution in [0.25, 0.3) is 11.1 Å². The van der Waals surface area contributed by atoms with Crippen molar-refractivity contribution in [3.8, 4) is 11.1 Å². The summed E-state index contributed by atoms with van der Waals surface area (Å²) in [5.41, 5.74) is 3.46. The molecular weight excluding hydrogens is 218 g/mol. The molecule has 0 atom stereocenters. The van der Waals surface area contributed by atoms with Crippen LogP contribution in [0.15, 0.2) is 30.3 Å². The van der Waals surface area contributed by atoms with Crippen LogP contribution in [-0.4, -0.2) is 0 Å². The quantitative estimate of drug-likeness (QED) is 0.676. The van der Waals surface area contributed by atoms with Gasteiger partial charge in [0.05, 0.1) is 0 Å². The fourth-order valence-electron chi connectivity index (χ4n) is 1.97. The number of rotatable bonds is 1. The predicted molar refractivity (Wildman–Crippen MR) is 66.0 cm³/mol. The summed E-state index contributed by atoms with van der Waals surface area (Å²) in [5.74, 6) is -1.53. The maximum Gasteiger partial charge on any atom is 0.166 e. The van der Waals surface area contributed by atoms with E-state index in [0.29, 0.717) is 11.1 Å². The zero-order valence-electron chi connectivity index (χ0n) is 10.1. The Morgan fingerprint density at radius 2 is 1.35 bits per heavy atom. The number of hydrogen-bond acceptors (Lipinski definition) is 0. The highest BCUT2D eigenvalue weighted by Crippen LogP contribution is 2.29. The van der Waals surface area contributed by atoms with Crippen LogP contribution in [0.1, 0.15) is 16.7 Å². The summed E-state index contributed by atoms with van der Waals surface area (Å²) in [5, 5.41) is 0. The van der Waals surface area contributed by atoms with Gasteiger partial charge in [-0.2, -0.15) is 0 Å². The van der Waals surface area contributed by atoms with Gasteiger partial charge < -0.3 is 0 Å². The molecule has 0 saturated carbocycles. The van der Waals surface area contributed by atoms with E-state index in [4.69, 9.17) is 0 Å². The van der Waals surface area contributed by atoms with E-state index in [1.54, 1.807) is 19.1 Å². The van der Waals surface area contributed by atoms with E-state index in [1.807, 2.05) is 32.0 Å². The van der Waals surface area contributed by atoms with E-state index >= 15 is 0 Å². The second kappa shape index (κ2) is 4.28. The summed E-state index contributed by atoms with van der Waals surface area (Å²) < 4.78 is 27.4. The summed E-state index contributed by atoms with van der Waals surface area (Å²) in [6.45, 7) is 5.44. The van der Waals surface area contributed by atoms with E-state index in [9.17, 15) is 8.78 Å². The molecular formula is C15H14F2. The van der Waals surface area contributed by atoms with Crippen molar-refractivity contribution in [2.45, 2.75) is 20.8 Å². The largest absolute Gasteiger partial charge is 0.203 e. The monoisotopic (exact) mass is 232 g/mol. The van der Waals surface area contributed by atoms with Gasteiger partial charge in [-0.05, 0) is 37.5 Å². The van der Waals surface area contributed by atoms with Crippen molar-refractivity contribution < 1.29 is 8.78 Å². The van der Waals surface area contributed by atoms with Gasteiger partial charge in [0.2, 0.25) is 0 Å². The topological polar surface area (TPSA) is 0 Å². The number of hydrogen-bond donors (Lipinski definition) is 0. The molecule has 0 amide bonds. The van der Waals surface area contributed by atoms with Gasteiger partial charge in [0.25, 0.3) is 0 Å². The van der Waals surface area contributed by atoms with Crippen LogP contribution in [0.5, 0.6) is 0 Å². The first-order chi connectivity index (χ1) is 8.00. The molecule has 0 nitrogen and oxygen atoms in total. The Kier molecular flexibility index (Phi) is 2.97. The van der Waals surface area contributed by atoms with Crippen molar-refractivity contribution in [2.75, 3.05) is 0 Å². The first kappa shape index (κ1) is 11.8. The molecule has 0 aliphatic heterocycles. The van der Waals surface area contributed by atoms with Gasteiger partial charge in [-0.3, -0.25) is 0 Å². The van der Waals surface area contributed by atoms with Gasteiger partial charge >= 0.3 is 0 Å². The Morgan fingerprint density at radius 3 is 2.00 bits per heavy atom. The zero-order chi connectivity index (χ0) is 12.6. The molecule has 2 aromatic rings. The maximum atomic E-state index is 13.9. The summed E-state index contributed by atoms with van der Waals surface area (Å²) >= 11 is 0. The fourth-order valence-corrected chi connectivity index (χ4v) is 1.97. The Morgan fingerprint density at radius 1 is 0.706 bits per heavy atom. The molecule has 0 aliphatic carbocycles. The van der Waals surface area contributed by atoms with Crippen molar-refractivity contribution in [3.63, 3.8) is 0 Å². The molecule has 0 fully saturated rings. The minimum absolute atomic E-state index is 0.325. The highest BCUT2D eigenvalue weighted by Gasteiger charge is 2.13. The van der Waals surface area contributed by atoms with Crippen molar-refractivity contribution in [1.82, 2.24) is 0 Å². The third-order valence-electron chi connectivity index (χ3n) is 2.95. The number of halogens is 2. The maximum absolute atomic E-state index is 13.9. The lowest BCUT2D eigenvalue weighted by atomic mass is 9.97. The first-order valence-electron chi connectivity index (χ1n) is 5.53. The van der Waals surface area contributed by atoms with Crippen LogP contribution in [0.2, 0.25) is 0 Å². The Balaban J connectivity index is 2.65. The van der Waals surface area contributed by atoms with Gasteiger partial charge in [0, 0.05) is 5.56 Å². The molecule has 2 aromatic carbocycles. The molecule has 0 unspecified atom stereocenters. The van der Waals surface area contributed by atoms with E-state index in [0.717, 1.165) is 16.7 Å². The summed E-state index contributed by atoms with van der Waals surface area (Å²) in [4.78, 5) is 0. The van der Waals surface area contributed by atoms with Gasteiger partial charge in [-0.25, -0.2) is 8.78 Å². The Bertz CT molecular complexity index is 571. The minimum atomic E-state index is -0.767. The average molecular weight is 232 g/mol. The second-order valence-corrected chi connectivity index (χ2v) is 4.38. The lowest BCUT2D eigenvalue weighted by Gasteiger charge is -2.09. The van der Waals surface area contributed by atoms with Crippen molar-refractivity contribution in [1.29, 1.82) is 0 Å². The molecule has 0 saturated heterocycles. The molecule has 0 aromatic heterocycles. The molecule has 0 radical (unpaired) electrons. The smallest absolute Gasteiger partial charge is 0.166 e. The normalized spacial score (nSPS) is 10.6. The van der Waals surface area contributed by atoms with E-state index in [1.165, 1.54) is 0 Å². The van der Waals surface area contributed by atoms with Crippen molar-refractivity contribution in [2.24, 2.45) is 0 Å². The van der Waals surface area contributed by atoms with E-state index in [2.05, 4.69) is 0 Å². The van der Waals surface area contributed by atoms with Crippen LogP contribution < -0.4 is 0 Å². The molecule has 88 valence electrons. The molecule has 0 bridgehead atoms. The lowest BCUT2D eigenvalue weighted by Crippen LogP contribution is -1.94. The van der Waals surface area contributed by atoms with Crippen LogP contribution in [0, 0.1) is 32.4 Å². The minimum Gasteiger partial charge on any atom is -0.203 e. The Hall–Kier alpha value is -1.70. The highest BCUT2D eigenvalue weighted by atomic mass is 19.2. The zero-order valence-corrected chi connectivity index (χ0v) is 10.1. The standard InChI is InChI=1S/C15H14F2/c1-9-4-6-12(11(3)8-9)13-7-5-10(2)14(16)15(13)17/h4-8H,1-3H3. The average Bonchev–Trinajstić information content (AvgIpc) is 2.28. The predicted octanol–water partition coefficient (Wildman–Crippen LogP) is 4.56. The molecule has 0 N–H and O–H groups in total. The highest BCUT2D eigenvalue weighted by molar-refractivity contribution is 5.68. The fraction of sp³-hybridized carbons (Fsp3) is 0.200. The summed E-state index contributed by atoms with van der Waals surface area (Å²) in [6, 6.07) is 8.93. The van der Waals surface area contributed by atoms with Crippen molar-refractivity contribution >= 4 is 0 Å². The lowest BCUT2D eigenvalue weighted by molar-refractivity contribution is 0.505. The van der Waals surface area contributed by atoms with Crippen LogP contribution in [-0.2, 0) is 0 Å². The first-order valence-corrected chi connectivity index (χ1v) is 5.53. The van der Waals surface area contributed by atoms with Gasteiger partial charge in [0.15, 0.2) is 11.6 Å². The number of aryl methyl sites for hydroxylation is 3. The molecule has 0 spiro atoms. The molecule has 17 heavy (non-hydrogen) atoms. The summed E-state index contributed by atoms with van der Waals surface area (Å²) in [6.07, 6.45) is 0. The van der Waals surface area contributed by atoms with Crippen LogP contribution >= 0.6 is 0 Å². The second-order valence-electron chi connectivity index (χ2n) is 4.38. The number of benzene rings is 2. The van der Waals surface area contributed by atoms with Gasteiger partial charge in [0.1, 0.15) is 0 Å². The Labute approximate surface area is 99.9 Å². The van der Waals surface area contributed by atoms with Crippen LogP contribution in [0.3, 0.4) is 0 Å². The van der Waals surface area contributed by atoms with E-state index in [-0.39, 0.29) is 0 Å². The molecule has 2 heteroatoms. The summed E-state index contributed by atoms with van der Waals surface area (Å²) in [7, 11) is 0. The van der Waals surface area contributed by atoms with Crippen LogP contribution in [0.4, 0.5) is 8.78 Å². The third kappa shape index (κ3) is 2.07. The SMILES string of the molecule is Cc1ccc(-c2ccc(C)c(F)c2F)c(C)c1. The molecule has 2 rings (SSSR count). The van der Waals surface area contributed by atoms with E-state index < -0.39 is 11.6 Å². The molecule has 0 heterocycles. The van der Waals surface area contributed by atoms with Gasteiger partial charge in [-0.15, -0.1) is 0 Å². The van der Waals surface area contributed by atoms with Crippen molar-refractivity contribution in [3.05, 3.63) is 58.7 Å². The van der Waals surface area contributed by atoms with Gasteiger partial charge in [-0.1, -0.05) is 35.9 Å². The molecule has 0 aliphatic rings.